The van der Waals surface area contributed by atoms with E-state index in [-0.39, 0.29) is 6.04 Å². The van der Waals surface area contributed by atoms with Gasteiger partial charge in [-0.2, -0.15) is 0 Å². The first-order chi connectivity index (χ1) is 9.65. The number of hydrogen-bond donors (Lipinski definition) is 1. The molecule has 3 rings (SSSR count). The molecule has 1 unspecified atom stereocenters. The second-order valence-electron chi connectivity index (χ2n) is 5.43. The Hall–Kier alpha value is -1.26. The van der Waals surface area contributed by atoms with Crippen molar-refractivity contribution >= 4 is 21.6 Å². The van der Waals surface area contributed by atoms with Crippen molar-refractivity contribution in [2.75, 3.05) is 4.90 Å². The summed E-state index contributed by atoms with van der Waals surface area (Å²) in [5.41, 5.74) is 8.53. The average molecular weight is 335 g/mol. The van der Waals surface area contributed by atoms with Crippen molar-refractivity contribution < 1.29 is 4.42 Å². The van der Waals surface area contributed by atoms with Crippen molar-refractivity contribution in [1.82, 2.24) is 0 Å². The van der Waals surface area contributed by atoms with E-state index in [1.165, 1.54) is 24.1 Å². The van der Waals surface area contributed by atoms with E-state index in [1.807, 2.05) is 19.1 Å². The Balaban J connectivity index is 1.96. The highest BCUT2D eigenvalue weighted by atomic mass is 79.9. The fourth-order valence-electron chi connectivity index (χ4n) is 2.52. The van der Waals surface area contributed by atoms with Gasteiger partial charge in [0, 0.05) is 22.2 Å². The van der Waals surface area contributed by atoms with Gasteiger partial charge < -0.3 is 15.1 Å². The Morgan fingerprint density at radius 1 is 1.40 bits per heavy atom. The Morgan fingerprint density at radius 2 is 2.20 bits per heavy atom. The molecule has 106 valence electrons. The van der Waals surface area contributed by atoms with Crippen molar-refractivity contribution in [2.45, 2.75) is 38.4 Å². The summed E-state index contributed by atoms with van der Waals surface area (Å²) in [5, 5.41) is 0. The third kappa shape index (κ3) is 2.91. The molecule has 2 aromatic rings. The van der Waals surface area contributed by atoms with Gasteiger partial charge >= 0.3 is 0 Å². The largest absolute Gasteiger partial charge is 0.467 e. The molecule has 0 amide bonds. The summed E-state index contributed by atoms with van der Waals surface area (Å²) in [6, 6.07) is 10.9. The lowest BCUT2D eigenvalue weighted by atomic mass is 10.1. The standard InChI is InChI=1S/C16H19BrN2O/c1-11(18)15-7-4-12(17)9-16(15)19(13-5-6-13)10-14-3-2-8-20-14/h2-4,7-9,11,13H,5-6,10,18H2,1H3. The molecule has 0 bridgehead atoms. The van der Waals surface area contributed by atoms with Gasteiger partial charge in [0.2, 0.25) is 0 Å². The van der Waals surface area contributed by atoms with E-state index in [4.69, 9.17) is 10.2 Å². The van der Waals surface area contributed by atoms with Gasteiger partial charge in [-0.3, -0.25) is 0 Å². The van der Waals surface area contributed by atoms with E-state index in [1.54, 1.807) is 6.26 Å². The van der Waals surface area contributed by atoms with E-state index < -0.39 is 0 Å². The monoisotopic (exact) mass is 334 g/mol. The van der Waals surface area contributed by atoms with Crippen molar-refractivity contribution in [3.05, 3.63) is 52.4 Å². The van der Waals surface area contributed by atoms with Gasteiger partial charge in [-0.1, -0.05) is 22.0 Å². The van der Waals surface area contributed by atoms with E-state index in [0.29, 0.717) is 6.04 Å². The van der Waals surface area contributed by atoms with Crippen LogP contribution in [0.15, 0.2) is 45.5 Å². The van der Waals surface area contributed by atoms with Crippen LogP contribution in [0.4, 0.5) is 5.69 Å². The van der Waals surface area contributed by atoms with Crippen LogP contribution in [0.3, 0.4) is 0 Å². The summed E-state index contributed by atoms with van der Waals surface area (Å²) in [6.45, 7) is 2.83. The molecule has 1 atom stereocenters. The first-order valence-electron chi connectivity index (χ1n) is 6.99. The van der Waals surface area contributed by atoms with Gasteiger partial charge in [0.05, 0.1) is 12.8 Å². The second-order valence-corrected chi connectivity index (χ2v) is 6.35. The van der Waals surface area contributed by atoms with E-state index in [9.17, 15) is 0 Å². The van der Waals surface area contributed by atoms with Gasteiger partial charge in [0.25, 0.3) is 0 Å². The molecule has 1 aromatic carbocycles. The van der Waals surface area contributed by atoms with Crippen LogP contribution in [0.1, 0.15) is 37.1 Å². The molecule has 1 aliphatic rings. The minimum Gasteiger partial charge on any atom is -0.467 e. The smallest absolute Gasteiger partial charge is 0.123 e. The highest BCUT2D eigenvalue weighted by Crippen LogP contribution is 2.37. The van der Waals surface area contributed by atoms with Gasteiger partial charge in [-0.25, -0.2) is 0 Å². The molecule has 0 radical (unpaired) electrons. The van der Waals surface area contributed by atoms with E-state index >= 15 is 0 Å². The fraction of sp³-hybridized carbons (Fsp3) is 0.375. The summed E-state index contributed by atoms with van der Waals surface area (Å²) < 4.78 is 6.59. The Labute approximate surface area is 127 Å². The molecule has 1 aliphatic carbocycles. The van der Waals surface area contributed by atoms with Crippen molar-refractivity contribution in [3.63, 3.8) is 0 Å². The molecule has 4 heteroatoms. The number of halogens is 1. The number of nitrogens with zero attached hydrogens (tertiary/aromatic N) is 1. The molecule has 1 saturated carbocycles. The fourth-order valence-corrected chi connectivity index (χ4v) is 2.87. The maximum absolute atomic E-state index is 6.13. The quantitative estimate of drug-likeness (QED) is 0.889. The highest BCUT2D eigenvalue weighted by Gasteiger charge is 2.31. The van der Waals surface area contributed by atoms with Gasteiger partial charge in [-0.15, -0.1) is 0 Å². The third-order valence-electron chi connectivity index (χ3n) is 3.69. The summed E-state index contributed by atoms with van der Waals surface area (Å²) in [4.78, 5) is 2.42. The lowest BCUT2D eigenvalue weighted by Gasteiger charge is -2.27. The number of benzene rings is 1. The number of rotatable bonds is 5. The molecule has 2 N–H and O–H groups in total. The van der Waals surface area contributed by atoms with E-state index in [0.717, 1.165) is 16.8 Å². The van der Waals surface area contributed by atoms with Crippen LogP contribution in [0.25, 0.3) is 0 Å². The maximum atomic E-state index is 6.13. The predicted octanol–water partition coefficient (Wildman–Crippen LogP) is 4.23. The average Bonchev–Trinajstić information content (AvgIpc) is 3.12. The lowest BCUT2D eigenvalue weighted by molar-refractivity contribution is 0.500. The van der Waals surface area contributed by atoms with Gasteiger partial charge in [0.1, 0.15) is 5.76 Å². The van der Waals surface area contributed by atoms with Crippen molar-refractivity contribution in [2.24, 2.45) is 5.73 Å². The van der Waals surface area contributed by atoms with Crippen molar-refractivity contribution in [1.29, 1.82) is 0 Å². The second kappa shape index (κ2) is 5.62. The predicted molar refractivity (Wildman–Crippen MR) is 84.7 cm³/mol. The van der Waals surface area contributed by atoms with Crippen LogP contribution in [0, 0.1) is 0 Å². The Morgan fingerprint density at radius 3 is 2.80 bits per heavy atom. The summed E-state index contributed by atoms with van der Waals surface area (Å²) in [6.07, 6.45) is 4.21. The molecule has 0 aliphatic heterocycles. The molecular formula is C16H19BrN2O. The van der Waals surface area contributed by atoms with Crippen LogP contribution < -0.4 is 10.6 Å². The lowest BCUT2D eigenvalue weighted by Crippen LogP contribution is -2.27. The topological polar surface area (TPSA) is 42.4 Å². The Bertz CT molecular complexity index is 576. The minimum absolute atomic E-state index is 0.0240. The van der Waals surface area contributed by atoms with Crippen LogP contribution in [-0.2, 0) is 6.54 Å². The zero-order valence-corrected chi connectivity index (χ0v) is 13.1. The molecule has 3 nitrogen and oxygen atoms in total. The summed E-state index contributed by atoms with van der Waals surface area (Å²) >= 11 is 3.57. The molecule has 1 heterocycles. The third-order valence-corrected chi connectivity index (χ3v) is 4.18. The highest BCUT2D eigenvalue weighted by molar-refractivity contribution is 9.10. The number of nitrogens with two attached hydrogens (primary N) is 1. The maximum Gasteiger partial charge on any atom is 0.123 e. The van der Waals surface area contributed by atoms with Gasteiger partial charge in [-0.05, 0) is 49.6 Å². The SMILES string of the molecule is CC(N)c1ccc(Br)cc1N(Cc1ccco1)C1CC1. The van der Waals surface area contributed by atoms with Gasteiger partial charge in [0.15, 0.2) is 0 Å². The van der Waals surface area contributed by atoms with Crippen LogP contribution >= 0.6 is 15.9 Å². The summed E-state index contributed by atoms with van der Waals surface area (Å²) in [7, 11) is 0. The normalized spacial score (nSPS) is 16.1. The summed E-state index contributed by atoms with van der Waals surface area (Å²) in [5.74, 6) is 0.993. The molecule has 20 heavy (non-hydrogen) atoms. The molecular weight excluding hydrogens is 316 g/mol. The molecule has 1 fully saturated rings. The first kappa shape index (κ1) is 13.7. The molecule has 0 spiro atoms. The minimum atomic E-state index is 0.0240. The zero-order valence-electron chi connectivity index (χ0n) is 11.6. The van der Waals surface area contributed by atoms with Crippen LogP contribution in [-0.4, -0.2) is 6.04 Å². The number of furan rings is 1. The van der Waals surface area contributed by atoms with Crippen LogP contribution in [0.2, 0.25) is 0 Å². The van der Waals surface area contributed by atoms with E-state index in [2.05, 4.69) is 39.0 Å². The zero-order chi connectivity index (χ0) is 14.1. The molecule has 1 aromatic heterocycles. The van der Waals surface area contributed by atoms with Crippen LogP contribution in [0.5, 0.6) is 0 Å². The molecule has 0 saturated heterocycles. The number of anilines is 1. The van der Waals surface area contributed by atoms with Crippen molar-refractivity contribution in [3.8, 4) is 0 Å². The number of hydrogen-bond acceptors (Lipinski definition) is 3. The Kier molecular flexibility index (Phi) is 3.85. The first-order valence-corrected chi connectivity index (χ1v) is 7.78.